The van der Waals surface area contributed by atoms with E-state index in [0.717, 1.165) is 0 Å². The third kappa shape index (κ3) is 2.44. The second kappa shape index (κ2) is 4.27. The number of furan rings is 1. The number of amides is 1. The number of rotatable bonds is 2. The summed E-state index contributed by atoms with van der Waals surface area (Å²) in [5.41, 5.74) is 0.683. The highest BCUT2D eigenvalue weighted by Gasteiger charge is 2.09. The zero-order valence-corrected chi connectivity index (χ0v) is 9.19. The summed E-state index contributed by atoms with van der Waals surface area (Å²) in [5, 5.41) is 2.68. The van der Waals surface area contributed by atoms with Gasteiger partial charge in [-0.15, -0.1) is 0 Å². The summed E-state index contributed by atoms with van der Waals surface area (Å²) in [6.45, 7) is 0. The summed E-state index contributed by atoms with van der Waals surface area (Å²) in [5.74, 6) is -0.0226. The normalized spacial score (nSPS) is 9.93. The summed E-state index contributed by atoms with van der Waals surface area (Å²) in [7, 11) is 0. The second-order valence-corrected chi connectivity index (χ2v) is 3.58. The lowest BCUT2D eigenvalue weighted by Crippen LogP contribution is -2.10. The Labute approximate surface area is 94.4 Å². The van der Waals surface area contributed by atoms with Crippen molar-refractivity contribution in [2.45, 2.75) is 0 Å². The lowest BCUT2D eigenvalue weighted by molar-refractivity contribution is 0.0995. The van der Waals surface area contributed by atoms with Gasteiger partial charge in [0.15, 0.2) is 10.4 Å². The number of carbonyl (C=O) groups is 1. The first kappa shape index (κ1) is 9.92. The lowest BCUT2D eigenvalue weighted by Gasteiger charge is -2.01. The number of hydrogen-bond donors (Lipinski definition) is 1. The van der Waals surface area contributed by atoms with E-state index >= 15 is 0 Å². The highest BCUT2D eigenvalue weighted by molar-refractivity contribution is 9.10. The predicted octanol–water partition coefficient (Wildman–Crippen LogP) is 2.69. The molecule has 0 saturated carbocycles. The summed E-state index contributed by atoms with van der Waals surface area (Å²) >= 11 is 3.13. The zero-order valence-electron chi connectivity index (χ0n) is 7.61. The number of halogens is 1. The molecule has 0 saturated heterocycles. The fraction of sp³-hybridized carbons (Fsp3) is 0. The van der Waals surface area contributed by atoms with Crippen LogP contribution in [0, 0.1) is 0 Å². The smallest absolute Gasteiger partial charge is 0.291 e. The molecule has 5 heteroatoms. The number of anilines is 1. The van der Waals surface area contributed by atoms with Gasteiger partial charge in [-0.05, 0) is 40.2 Å². The molecule has 0 aliphatic rings. The van der Waals surface area contributed by atoms with E-state index in [0.29, 0.717) is 10.4 Å². The molecule has 15 heavy (non-hydrogen) atoms. The maximum Gasteiger partial charge on any atom is 0.291 e. The number of aromatic nitrogens is 1. The average Bonchev–Trinajstić information content (AvgIpc) is 2.66. The van der Waals surface area contributed by atoms with Gasteiger partial charge in [-0.1, -0.05) is 0 Å². The molecule has 0 fully saturated rings. The molecule has 0 bridgehead atoms. The van der Waals surface area contributed by atoms with Gasteiger partial charge >= 0.3 is 0 Å². The molecule has 0 spiro atoms. The maximum atomic E-state index is 11.6. The maximum absolute atomic E-state index is 11.6. The predicted molar refractivity (Wildman–Crippen MR) is 58.6 cm³/mol. The van der Waals surface area contributed by atoms with E-state index < -0.39 is 0 Å². The van der Waals surface area contributed by atoms with Crippen LogP contribution < -0.4 is 5.32 Å². The SMILES string of the molecule is O=C(Nc1ccncc1)c1ccc(Br)o1. The van der Waals surface area contributed by atoms with Gasteiger partial charge in [0.05, 0.1) is 0 Å². The molecule has 2 aromatic heterocycles. The first-order valence-electron chi connectivity index (χ1n) is 4.22. The molecule has 1 amide bonds. The van der Waals surface area contributed by atoms with Gasteiger partial charge in [0.1, 0.15) is 0 Å². The van der Waals surface area contributed by atoms with Crippen molar-refractivity contribution in [3.63, 3.8) is 0 Å². The molecule has 0 aliphatic carbocycles. The van der Waals surface area contributed by atoms with Crippen molar-refractivity contribution < 1.29 is 9.21 Å². The molecule has 4 nitrogen and oxygen atoms in total. The van der Waals surface area contributed by atoms with Crippen LogP contribution >= 0.6 is 15.9 Å². The molecule has 2 rings (SSSR count). The van der Waals surface area contributed by atoms with Crippen molar-refractivity contribution in [2.24, 2.45) is 0 Å². The molecular weight excluding hydrogens is 260 g/mol. The van der Waals surface area contributed by atoms with E-state index in [1.54, 1.807) is 36.7 Å². The summed E-state index contributed by atoms with van der Waals surface area (Å²) < 4.78 is 5.64. The molecule has 0 aliphatic heterocycles. The van der Waals surface area contributed by atoms with E-state index in [1.165, 1.54) is 0 Å². The molecular formula is C10H7BrN2O2. The molecule has 76 valence electrons. The monoisotopic (exact) mass is 266 g/mol. The van der Waals surface area contributed by atoms with Crippen molar-refractivity contribution in [2.75, 3.05) is 5.32 Å². The summed E-state index contributed by atoms with van der Waals surface area (Å²) in [4.78, 5) is 15.4. The topological polar surface area (TPSA) is 55.1 Å². The fourth-order valence-electron chi connectivity index (χ4n) is 1.06. The van der Waals surface area contributed by atoms with Crippen LogP contribution in [0.25, 0.3) is 0 Å². The number of hydrogen-bond acceptors (Lipinski definition) is 3. The highest BCUT2D eigenvalue weighted by Crippen LogP contribution is 2.15. The molecule has 0 aromatic carbocycles. The molecule has 1 N–H and O–H groups in total. The lowest BCUT2D eigenvalue weighted by atomic mass is 10.3. The van der Waals surface area contributed by atoms with Gasteiger partial charge in [0.25, 0.3) is 5.91 Å². The van der Waals surface area contributed by atoms with Gasteiger partial charge in [-0.3, -0.25) is 9.78 Å². The van der Waals surface area contributed by atoms with Crippen molar-refractivity contribution in [3.05, 3.63) is 47.1 Å². The summed E-state index contributed by atoms with van der Waals surface area (Å²) in [6.07, 6.45) is 3.21. The fourth-order valence-corrected chi connectivity index (χ4v) is 1.37. The van der Waals surface area contributed by atoms with Crippen LogP contribution in [-0.2, 0) is 0 Å². The van der Waals surface area contributed by atoms with Crippen LogP contribution in [0.3, 0.4) is 0 Å². The van der Waals surface area contributed by atoms with Gasteiger partial charge in [-0.2, -0.15) is 0 Å². The van der Waals surface area contributed by atoms with Crippen LogP contribution in [0.15, 0.2) is 45.7 Å². The van der Waals surface area contributed by atoms with Crippen LogP contribution in [-0.4, -0.2) is 10.9 Å². The second-order valence-electron chi connectivity index (χ2n) is 2.79. The van der Waals surface area contributed by atoms with Crippen molar-refractivity contribution in [1.29, 1.82) is 0 Å². The minimum absolute atomic E-state index is 0.263. The largest absolute Gasteiger partial charge is 0.444 e. The van der Waals surface area contributed by atoms with Crippen LogP contribution in [0.2, 0.25) is 0 Å². The van der Waals surface area contributed by atoms with E-state index in [9.17, 15) is 4.79 Å². The standard InChI is InChI=1S/C10H7BrN2O2/c11-9-2-1-8(15-9)10(14)13-7-3-5-12-6-4-7/h1-6H,(H,12,13,14). The van der Waals surface area contributed by atoms with Crippen molar-refractivity contribution in [3.8, 4) is 0 Å². The van der Waals surface area contributed by atoms with Crippen LogP contribution in [0.4, 0.5) is 5.69 Å². The van der Waals surface area contributed by atoms with Gasteiger partial charge in [-0.25, -0.2) is 0 Å². The Balaban J connectivity index is 2.11. The van der Waals surface area contributed by atoms with Gasteiger partial charge in [0.2, 0.25) is 0 Å². The Hall–Kier alpha value is -1.62. The van der Waals surface area contributed by atoms with Gasteiger partial charge in [0, 0.05) is 18.1 Å². The summed E-state index contributed by atoms with van der Waals surface area (Å²) in [6, 6.07) is 6.67. The molecule has 0 atom stereocenters. The Kier molecular flexibility index (Phi) is 2.82. The Morgan fingerprint density at radius 1 is 1.27 bits per heavy atom. The van der Waals surface area contributed by atoms with Crippen molar-refractivity contribution >= 4 is 27.5 Å². The third-order valence-corrected chi connectivity index (χ3v) is 2.16. The van der Waals surface area contributed by atoms with Crippen molar-refractivity contribution in [1.82, 2.24) is 4.98 Å². The van der Waals surface area contributed by atoms with E-state index in [4.69, 9.17) is 4.42 Å². The average molecular weight is 267 g/mol. The van der Waals surface area contributed by atoms with E-state index in [-0.39, 0.29) is 11.7 Å². The number of nitrogens with one attached hydrogen (secondary N) is 1. The minimum atomic E-state index is -0.285. The Morgan fingerprint density at radius 2 is 2.00 bits per heavy atom. The highest BCUT2D eigenvalue weighted by atomic mass is 79.9. The van der Waals surface area contributed by atoms with Gasteiger partial charge < -0.3 is 9.73 Å². The first-order chi connectivity index (χ1) is 7.25. The molecule has 2 heterocycles. The Morgan fingerprint density at radius 3 is 2.60 bits per heavy atom. The first-order valence-corrected chi connectivity index (χ1v) is 5.02. The zero-order chi connectivity index (χ0) is 10.7. The van der Waals surface area contributed by atoms with Crippen LogP contribution in [0.1, 0.15) is 10.6 Å². The third-order valence-electron chi connectivity index (χ3n) is 1.74. The minimum Gasteiger partial charge on any atom is -0.444 e. The molecule has 2 aromatic rings. The number of nitrogens with zero attached hydrogens (tertiary/aromatic N) is 1. The molecule has 0 unspecified atom stereocenters. The number of carbonyl (C=O) groups excluding carboxylic acids is 1. The van der Waals surface area contributed by atoms with Crippen LogP contribution in [0.5, 0.6) is 0 Å². The van der Waals surface area contributed by atoms with E-state index in [1.807, 2.05) is 0 Å². The van der Waals surface area contributed by atoms with E-state index in [2.05, 4.69) is 26.2 Å². The number of pyridine rings is 1. The quantitative estimate of drug-likeness (QED) is 0.910. The molecule has 0 radical (unpaired) electrons. The Bertz CT molecular complexity index is 467.